The van der Waals surface area contributed by atoms with Crippen LogP contribution < -0.4 is 5.32 Å². The monoisotopic (exact) mass is 317 g/mol. The lowest BCUT2D eigenvalue weighted by atomic mass is 9.96. The van der Waals surface area contributed by atoms with Gasteiger partial charge in [0.1, 0.15) is 0 Å². The van der Waals surface area contributed by atoms with Crippen molar-refractivity contribution in [1.82, 2.24) is 5.32 Å². The Bertz CT molecular complexity index is 522. The number of nitrogens with one attached hydrogen (secondary N) is 1. The van der Waals surface area contributed by atoms with Crippen molar-refractivity contribution < 1.29 is 0 Å². The van der Waals surface area contributed by atoms with E-state index in [1.54, 1.807) is 0 Å². The van der Waals surface area contributed by atoms with E-state index in [1.807, 2.05) is 7.05 Å². The van der Waals surface area contributed by atoms with Crippen LogP contribution in [0.4, 0.5) is 0 Å². The fourth-order valence-electron chi connectivity index (χ4n) is 2.40. The van der Waals surface area contributed by atoms with E-state index in [-0.39, 0.29) is 0 Å². The molecule has 1 unspecified atom stereocenters. The maximum Gasteiger partial charge on any atom is 0.0323 e. The molecule has 0 aliphatic carbocycles. The van der Waals surface area contributed by atoms with Gasteiger partial charge in [0.15, 0.2) is 0 Å². The number of hydrogen-bond acceptors (Lipinski definition) is 1. The Morgan fingerprint density at radius 2 is 1.84 bits per heavy atom. The first kappa shape index (κ1) is 14.3. The van der Waals surface area contributed by atoms with Crippen LogP contribution in [-0.2, 0) is 6.42 Å². The van der Waals surface area contributed by atoms with Crippen molar-refractivity contribution >= 4 is 15.9 Å². The second-order valence-corrected chi connectivity index (χ2v) is 5.78. The summed E-state index contributed by atoms with van der Waals surface area (Å²) in [6, 6.07) is 17.6. The van der Waals surface area contributed by atoms with Crippen LogP contribution in [0.25, 0.3) is 0 Å². The molecule has 0 fully saturated rings. The Balaban J connectivity index is 2.10. The minimum atomic E-state index is 0.401. The number of benzene rings is 2. The molecule has 0 radical (unpaired) electrons. The summed E-state index contributed by atoms with van der Waals surface area (Å²) in [6.07, 6.45) is 2.20. The van der Waals surface area contributed by atoms with Gasteiger partial charge in [-0.05, 0) is 55.6 Å². The highest BCUT2D eigenvalue weighted by Gasteiger charge is 2.12. The molecular formula is C17H20BrN. The summed E-state index contributed by atoms with van der Waals surface area (Å²) in [5.41, 5.74) is 4.12. The highest BCUT2D eigenvalue weighted by Crippen LogP contribution is 2.25. The van der Waals surface area contributed by atoms with Crippen molar-refractivity contribution in [2.75, 3.05) is 7.05 Å². The lowest BCUT2D eigenvalue weighted by molar-refractivity contribution is 0.546. The molecule has 2 aromatic rings. The molecule has 2 aromatic carbocycles. The minimum absolute atomic E-state index is 0.401. The van der Waals surface area contributed by atoms with Crippen molar-refractivity contribution in [2.24, 2.45) is 0 Å². The smallest absolute Gasteiger partial charge is 0.0323 e. The van der Waals surface area contributed by atoms with E-state index < -0.39 is 0 Å². The third-order valence-electron chi connectivity index (χ3n) is 3.53. The summed E-state index contributed by atoms with van der Waals surface area (Å²) >= 11 is 3.56. The van der Waals surface area contributed by atoms with E-state index in [2.05, 4.69) is 76.7 Å². The van der Waals surface area contributed by atoms with Crippen LogP contribution in [0.2, 0.25) is 0 Å². The van der Waals surface area contributed by atoms with Gasteiger partial charge in [0.2, 0.25) is 0 Å². The summed E-state index contributed by atoms with van der Waals surface area (Å²) in [7, 11) is 2.04. The summed E-state index contributed by atoms with van der Waals surface area (Å²) < 4.78 is 1.15. The van der Waals surface area contributed by atoms with Gasteiger partial charge in [-0.1, -0.05) is 52.3 Å². The van der Waals surface area contributed by atoms with Gasteiger partial charge in [0.05, 0.1) is 0 Å². The molecule has 0 heterocycles. The molecule has 2 heteroatoms. The molecule has 1 nitrogen and oxygen atoms in total. The minimum Gasteiger partial charge on any atom is -0.313 e. The van der Waals surface area contributed by atoms with Crippen molar-refractivity contribution in [3.63, 3.8) is 0 Å². The number of halogens is 1. The lowest BCUT2D eigenvalue weighted by Crippen LogP contribution is -2.18. The van der Waals surface area contributed by atoms with Crippen LogP contribution in [-0.4, -0.2) is 7.05 Å². The highest BCUT2D eigenvalue weighted by atomic mass is 79.9. The molecule has 0 saturated carbocycles. The molecule has 0 amide bonds. The maximum absolute atomic E-state index is 3.56. The fraction of sp³-hybridized carbons (Fsp3) is 0.294. The molecule has 19 heavy (non-hydrogen) atoms. The van der Waals surface area contributed by atoms with Crippen LogP contribution in [0.3, 0.4) is 0 Å². The second kappa shape index (κ2) is 6.88. The van der Waals surface area contributed by atoms with Gasteiger partial charge in [-0.3, -0.25) is 0 Å². The van der Waals surface area contributed by atoms with Crippen LogP contribution in [0.15, 0.2) is 53.0 Å². The van der Waals surface area contributed by atoms with Crippen molar-refractivity contribution in [2.45, 2.75) is 25.8 Å². The van der Waals surface area contributed by atoms with E-state index in [0.717, 1.165) is 17.3 Å². The first-order chi connectivity index (χ1) is 9.20. The van der Waals surface area contributed by atoms with Crippen molar-refractivity contribution in [3.8, 4) is 0 Å². The number of rotatable bonds is 5. The zero-order valence-electron chi connectivity index (χ0n) is 11.5. The zero-order valence-corrected chi connectivity index (χ0v) is 13.1. The van der Waals surface area contributed by atoms with Crippen LogP contribution >= 0.6 is 15.9 Å². The van der Waals surface area contributed by atoms with E-state index in [4.69, 9.17) is 0 Å². The molecular weight excluding hydrogens is 298 g/mol. The van der Waals surface area contributed by atoms with Crippen LogP contribution in [0, 0.1) is 6.92 Å². The first-order valence-electron chi connectivity index (χ1n) is 6.68. The fourth-order valence-corrected chi connectivity index (χ4v) is 2.78. The van der Waals surface area contributed by atoms with Gasteiger partial charge in [-0.25, -0.2) is 0 Å². The van der Waals surface area contributed by atoms with E-state index in [0.29, 0.717) is 6.04 Å². The molecule has 1 N–H and O–H groups in total. The van der Waals surface area contributed by atoms with Gasteiger partial charge in [-0.15, -0.1) is 0 Å². The molecule has 0 aromatic heterocycles. The summed E-state index contributed by atoms with van der Waals surface area (Å²) in [5, 5.41) is 3.44. The Morgan fingerprint density at radius 3 is 2.53 bits per heavy atom. The molecule has 0 spiro atoms. The summed E-state index contributed by atoms with van der Waals surface area (Å²) in [5.74, 6) is 0. The van der Waals surface area contributed by atoms with Gasteiger partial charge < -0.3 is 5.32 Å². The Hall–Kier alpha value is -1.12. The van der Waals surface area contributed by atoms with E-state index in [9.17, 15) is 0 Å². The SMILES string of the molecule is CNC(CCc1ccccc1)c1cc(Br)ccc1C. The van der Waals surface area contributed by atoms with Gasteiger partial charge in [0.25, 0.3) is 0 Å². The second-order valence-electron chi connectivity index (χ2n) is 4.87. The average Bonchev–Trinajstić information content (AvgIpc) is 2.44. The molecule has 0 aliphatic rings. The Labute approximate surface area is 124 Å². The summed E-state index contributed by atoms with van der Waals surface area (Å²) in [6.45, 7) is 2.18. The topological polar surface area (TPSA) is 12.0 Å². The molecule has 100 valence electrons. The number of hydrogen-bond donors (Lipinski definition) is 1. The predicted molar refractivity (Wildman–Crippen MR) is 85.4 cm³/mol. The number of aryl methyl sites for hydroxylation is 2. The molecule has 0 saturated heterocycles. The van der Waals surface area contributed by atoms with Crippen LogP contribution in [0.5, 0.6) is 0 Å². The van der Waals surface area contributed by atoms with Crippen molar-refractivity contribution in [1.29, 1.82) is 0 Å². The first-order valence-corrected chi connectivity index (χ1v) is 7.47. The standard InChI is InChI=1S/C17H20BrN/c1-13-8-10-15(18)12-16(13)17(19-2)11-9-14-6-4-3-5-7-14/h3-8,10,12,17,19H,9,11H2,1-2H3. The van der Waals surface area contributed by atoms with Gasteiger partial charge >= 0.3 is 0 Å². The van der Waals surface area contributed by atoms with E-state index in [1.165, 1.54) is 16.7 Å². The normalized spacial score (nSPS) is 12.4. The third-order valence-corrected chi connectivity index (χ3v) is 4.02. The molecule has 2 rings (SSSR count). The Morgan fingerprint density at radius 1 is 1.11 bits per heavy atom. The average molecular weight is 318 g/mol. The molecule has 1 atom stereocenters. The van der Waals surface area contributed by atoms with Crippen LogP contribution in [0.1, 0.15) is 29.2 Å². The lowest BCUT2D eigenvalue weighted by Gasteiger charge is -2.19. The van der Waals surface area contributed by atoms with Gasteiger partial charge in [-0.2, -0.15) is 0 Å². The predicted octanol–water partition coefficient (Wildman–Crippen LogP) is 4.65. The van der Waals surface area contributed by atoms with Gasteiger partial charge in [0, 0.05) is 10.5 Å². The highest BCUT2D eigenvalue weighted by molar-refractivity contribution is 9.10. The zero-order chi connectivity index (χ0) is 13.7. The Kier molecular flexibility index (Phi) is 5.17. The van der Waals surface area contributed by atoms with E-state index >= 15 is 0 Å². The largest absolute Gasteiger partial charge is 0.313 e. The molecule has 0 bridgehead atoms. The third kappa shape index (κ3) is 3.92. The maximum atomic E-state index is 3.56. The quantitative estimate of drug-likeness (QED) is 0.846. The summed E-state index contributed by atoms with van der Waals surface area (Å²) in [4.78, 5) is 0. The van der Waals surface area contributed by atoms with Crippen molar-refractivity contribution in [3.05, 3.63) is 69.7 Å². The molecule has 0 aliphatic heterocycles.